The summed E-state index contributed by atoms with van der Waals surface area (Å²) in [4.78, 5) is 12.1. The number of carbonyl (C=O) groups is 1. The lowest BCUT2D eigenvalue weighted by Gasteiger charge is -2.22. The molecule has 1 aliphatic heterocycles. The zero-order valence-corrected chi connectivity index (χ0v) is 12.2. The van der Waals surface area contributed by atoms with Gasteiger partial charge in [-0.15, -0.1) is 0 Å². The molecule has 0 aromatic heterocycles. The molecule has 98 valence electrons. The largest absolute Gasteiger partial charge is 0.352 e. The molecule has 2 rings (SSSR count). The van der Waals surface area contributed by atoms with Crippen LogP contribution in [0.25, 0.3) is 0 Å². The second-order valence-electron chi connectivity index (χ2n) is 4.89. The fraction of sp³-hybridized carbons (Fsp3) is 0.500. The predicted octanol–water partition coefficient (Wildman–Crippen LogP) is 2.49. The molecule has 18 heavy (non-hydrogen) atoms. The van der Waals surface area contributed by atoms with Gasteiger partial charge in [-0.3, -0.25) is 4.79 Å². The first-order chi connectivity index (χ1) is 8.66. The number of hydrogen-bond acceptors (Lipinski definition) is 2. The molecule has 3 nitrogen and oxygen atoms in total. The van der Waals surface area contributed by atoms with Gasteiger partial charge in [0.1, 0.15) is 0 Å². The summed E-state index contributed by atoms with van der Waals surface area (Å²) in [5.74, 6) is 0.628. The number of piperidine rings is 1. The highest BCUT2D eigenvalue weighted by Crippen LogP contribution is 2.18. The highest BCUT2D eigenvalue weighted by Gasteiger charge is 2.15. The van der Waals surface area contributed by atoms with E-state index in [9.17, 15) is 4.79 Å². The number of carbonyl (C=O) groups excluding carboxylic acids is 1. The fourth-order valence-electron chi connectivity index (χ4n) is 2.23. The number of amides is 1. The van der Waals surface area contributed by atoms with Crippen LogP contribution in [0.2, 0.25) is 0 Å². The Kier molecular flexibility index (Phi) is 4.78. The Morgan fingerprint density at radius 2 is 2.17 bits per heavy atom. The summed E-state index contributed by atoms with van der Waals surface area (Å²) in [5.41, 5.74) is 1.83. The predicted molar refractivity (Wildman–Crippen MR) is 76.8 cm³/mol. The summed E-state index contributed by atoms with van der Waals surface area (Å²) < 4.78 is 0.857. The van der Waals surface area contributed by atoms with Crippen LogP contribution in [-0.2, 0) is 0 Å². The van der Waals surface area contributed by atoms with Crippen LogP contribution >= 0.6 is 15.9 Å². The van der Waals surface area contributed by atoms with Gasteiger partial charge in [0.05, 0.1) is 5.56 Å². The van der Waals surface area contributed by atoms with Gasteiger partial charge in [0.2, 0.25) is 0 Å². The average Bonchev–Trinajstić information content (AvgIpc) is 2.40. The molecule has 1 aromatic rings. The van der Waals surface area contributed by atoms with Gasteiger partial charge in [-0.25, -0.2) is 0 Å². The van der Waals surface area contributed by atoms with Crippen LogP contribution in [0.5, 0.6) is 0 Å². The molecule has 0 aliphatic carbocycles. The van der Waals surface area contributed by atoms with E-state index in [0.717, 1.165) is 48.1 Å². The topological polar surface area (TPSA) is 41.1 Å². The van der Waals surface area contributed by atoms with Gasteiger partial charge in [0.25, 0.3) is 5.91 Å². The van der Waals surface area contributed by atoms with E-state index in [2.05, 4.69) is 26.6 Å². The van der Waals surface area contributed by atoms with Crippen molar-refractivity contribution in [3.8, 4) is 0 Å². The SMILES string of the molecule is Cc1ccc(Br)c(C(=O)NCC2CCNCC2)c1. The summed E-state index contributed by atoms with van der Waals surface area (Å²) in [7, 11) is 0. The van der Waals surface area contributed by atoms with E-state index in [1.807, 2.05) is 25.1 Å². The van der Waals surface area contributed by atoms with Crippen LogP contribution in [0.15, 0.2) is 22.7 Å². The van der Waals surface area contributed by atoms with Crippen LogP contribution in [-0.4, -0.2) is 25.5 Å². The zero-order valence-electron chi connectivity index (χ0n) is 10.6. The maximum absolute atomic E-state index is 12.1. The van der Waals surface area contributed by atoms with Crippen LogP contribution in [0.1, 0.15) is 28.8 Å². The van der Waals surface area contributed by atoms with Gasteiger partial charge in [0, 0.05) is 11.0 Å². The van der Waals surface area contributed by atoms with Crippen molar-refractivity contribution >= 4 is 21.8 Å². The van der Waals surface area contributed by atoms with Crippen molar-refractivity contribution in [3.63, 3.8) is 0 Å². The van der Waals surface area contributed by atoms with Crippen molar-refractivity contribution in [1.29, 1.82) is 0 Å². The number of nitrogens with one attached hydrogen (secondary N) is 2. The molecule has 0 spiro atoms. The molecule has 2 N–H and O–H groups in total. The number of hydrogen-bond donors (Lipinski definition) is 2. The highest BCUT2D eigenvalue weighted by atomic mass is 79.9. The first-order valence-electron chi connectivity index (χ1n) is 6.42. The molecule has 0 bridgehead atoms. The lowest BCUT2D eigenvalue weighted by atomic mass is 9.98. The van der Waals surface area contributed by atoms with Crippen molar-refractivity contribution in [2.24, 2.45) is 5.92 Å². The van der Waals surface area contributed by atoms with E-state index in [-0.39, 0.29) is 5.91 Å². The van der Waals surface area contributed by atoms with E-state index >= 15 is 0 Å². The summed E-state index contributed by atoms with van der Waals surface area (Å²) in [6.45, 7) is 4.90. The number of aryl methyl sites for hydroxylation is 1. The van der Waals surface area contributed by atoms with E-state index in [4.69, 9.17) is 0 Å². The zero-order chi connectivity index (χ0) is 13.0. The Morgan fingerprint density at radius 1 is 1.44 bits per heavy atom. The van der Waals surface area contributed by atoms with Crippen molar-refractivity contribution in [1.82, 2.24) is 10.6 Å². The van der Waals surface area contributed by atoms with Crippen LogP contribution in [0, 0.1) is 12.8 Å². The van der Waals surface area contributed by atoms with Gasteiger partial charge >= 0.3 is 0 Å². The normalized spacial score (nSPS) is 16.6. The van der Waals surface area contributed by atoms with Gasteiger partial charge in [-0.05, 0) is 66.8 Å². The molecule has 0 radical (unpaired) electrons. The Hall–Kier alpha value is -0.870. The van der Waals surface area contributed by atoms with Crippen molar-refractivity contribution < 1.29 is 4.79 Å². The minimum Gasteiger partial charge on any atom is -0.352 e. The fourth-order valence-corrected chi connectivity index (χ4v) is 2.66. The van der Waals surface area contributed by atoms with Crippen molar-refractivity contribution in [3.05, 3.63) is 33.8 Å². The lowest BCUT2D eigenvalue weighted by molar-refractivity contribution is 0.0943. The molecule has 0 atom stereocenters. The monoisotopic (exact) mass is 310 g/mol. The molecule has 1 fully saturated rings. The third-order valence-electron chi connectivity index (χ3n) is 3.38. The van der Waals surface area contributed by atoms with Gasteiger partial charge in [0.15, 0.2) is 0 Å². The summed E-state index contributed by atoms with van der Waals surface area (Å²) in [6.07, 6.45) is 2.30. The molecule has 1 heterocycles. The van der Waals surface area contributed by atoms with Gasteiger partial charge < -0.3 is 10.6 Å². The molecular formula is C14H19BrN2O. The summed E-state index contributed by atoms with van der Waals surface area (Å²) in [6, 6.07) is 5.84. The minimum absolute atomic E-state index is 0.0177. The standard InChI is InChI=1S/C14H19BrN2O/c1-10-2-3-13(15)12(8-10)14(18)17-9-11-4-6-16-7-5-11/h2-3,8,11,16H,4-7,9H2,1H3,(H,17,18). The maximum Gasteiger partial charge on any atom is 0.252 e. The number of halogens is 1. The second kappa shape index (κ2) is 6.34. The third kappa shape index (κ3) is 3.56. The molecule has 4 heteroatoms. The Morgan fingerprint density at radius 3 is 2.89 bits per heavy atom. The first-order valence-corrected chi connectivity index (χ1v) is 7.21. The van der Waals surface area contributed by atoms with Crippen LogP contribution in [0.4, 0.5) is 0 Å². The molecule has 0 unspecified atom stereocenters. The van der Waals surface area contributed by atoms with E-state index in [1.165, 1.54) is 0 Å². The van der Waals surface area contributed by atoms with Gasteiger partial charge in [-0.1, -0.05) is 11.6 Å². The Bertz CT molecular complexity index is 428. The number of rotatable bonds is 3. The van der Waals surface area contributed by atoms with E-state index in [0.29, 0.717) is 5.92 Å². The Labute approximate surface area is 116 Å². The van der Waals surface area contributed by atoms with Crippen LogP contribution < -0.4 is 10.6 Å². The molecule has 1 aromatic carbocycles. The maximum atomic E-state index is 12.1. The van der Waals surface area contributed by atoms with Crippen molar-refractivity contribution in [2.45, 2.75) is 19.8 Å². The molecule has 1 saturated heterocycles. The molecule has 1 amide bonds. The van der Waals surface area contributed by atoms with E-state index in [1.54, 1.807) is 0 Å². The summed E-state index contributed by atoms with van der Waals surface area (Å²) >= 11 is 3.43. The quantitative estimate of drug-likeness (QED) is 0.900. The number of benzene rings is 1. The lowest BCUT2D eigenvalue weighted by Crippen LogP contribution is -2.36. The second-order valence-corrected chi connectivity index (χ2v) is 5.74. The average molecular weight is 311 g/mol. The van der Waals surface area contributed by atoms with E-state index < -0.39 is 0 Å². The molecule has 0 saturated carbocycles. The molecular weight excluding hydrogens is 292 g/mol. The Balaban J connectivity index is 1.92. The first kappa shape index (κ1) is 13.6. The summed E-state index contributed by atoms with van der Waals surface area (Å²) in [5, 5.41) is 6.37. The van der Waals surface area contributed by atoms with Gasteiger partial charge in [-0.2, -0.15) is 0 Å². The smallest absolute Gasteiger partial charge is 0.252 e. The minimum atomic E-state index is 0.0177. The molecule has 1 aliphatic rings. The highest BCUT2D eigenvalue weighted by molar-refractivity contribution is 9.10. The van der Waals surface area contributed by atoms with Crippen molar-refractivity contribution in [2.75, 3.05) is 19.6 Å². The third-order valence-corrected chi connectivity index (χ3v) is 4.07. The van der Waals surface area contributed by atoms with Crippen LogP contribution in [0.3, 0.4) is 0 Å².